The molecule has 3 aliphatic rings. The van der Waals surface area contributed by atoms with E-state index in [4.69, 9.17) is 9.47 Å². The first-order valence-electron chi connectivity index (χ1n) is 13.9. The largest absolute Gasteiger partial charge is 0.481 e. The van der Waals surface area contributed by atoms with E-state index in [1.807, 2.05) is 45.0 Å². The Kier molecular flexibility index (Phi) is 7.31. The Balaban J connectivity index is 1.31. The Hall–Kier alpha value is -3.55. The Labute approximate surface area is 229 Å². The standard InChI is InChI=1S/C31H38N2O6/c1-30(2,3)39-28(36)32-20-9-8-10-21(17-20)33(19-31(15-16-31)27(34)35)29(37)38-18-26-24-13-6-4-11-22(24)23-12-5-7-14-25(23)26/h4-7,11-14,20-21,26H,8-10,15-19H2,1-3H3,(H,32,36)(H,34,35)/t20-,21-/m1/s1. The van der Waals surface area contributed by atoms with Crippen LogP contribution in [-0.4, -0.2) is 59.0 Å². The second-order valence-corrected chi connectivity index (χ2v) is 12.2. The average Bonchev–Trinajstić information content (AvgIpc) is 3.61. The third kappa shape index (κ3) is 5.89. The van der Waals surface area contributed by atoms with Crippen LogP contribution in [0.2, 0.25) is 0 Å². The quantitative estimate of drug-likeness (QED) is 0.456. The summed E-state index contributed by atoms with van der Waals surface area (Å²) in [5.41, 5.74) is 3.03. The van der Waals surface area contributed by atoms with E-state index < -0.39 is 29.2 Å². The van der Waals surface area contributed by atoms with Crippen LogP contribution in [0.4, 0.5) is 9.59 Å². The zero-order valence-corrected chi connectivity index (χ0v) is 22.9. The molecule has 2 fully saturated rings. The Morgan fingerprint density at radius 2 is 1.62 bits per heavy atom. The number of alkyl carbamates (subject to hydrolysis) is 1. The Morgan fingerprint density at radius 3 is 2.18 bits per heavy atom. The van der Waals surface area contributed by atoms with E-state index in [2.05, 4.69) is 29.6 Å². The van der Waals surface area contributed by atoms with E-state index in [0.29, 0.717) is 19.3 Å². The first-order chi connectivity index (χ1) is 18.6. The van der Waals surface area contributed by atoms with Gasteiger partial charge >= 0.3 is 18.2 Å². The number of hydrogen-bond acceptors (Lipinski definition) is 5. The number of amides is 2. The number of carboxylic acid groups (broad SMARTS) is 1. The molecule has 8 heteroatoms. The summed E-state index contributed by atoms with van der Waals surface area (Å²) in [5, 5.41) is 12.8. The zero-order chi connectivity index (χ0) is 27.8. The first kappa shape index (κ1) is 27.0. The molecule has 2 atom stereocenters. The van der Waals surface area contributed by atoms with Gasteiger partial charge in [-0.15, -0.1) is 0 Å². The highest BCUT2D eigenvalue weighted by atomic mass is 16.6. The Morgan fingerprint density at radius 1 is 1.00 bits per heavy atom. The van der Waals surface area contributed by atoms with Crippen molar-refractivity contribution in [2.75, 3.05) is 13.2 Å². The third-order valence-electron chi connectivity index (χ3n) is 8.16. The van der Waals surface area contributed by atoms with E-state index in [1.54, 1.807) is 4.90 Å². The molecule has 5 rings (SSSR count). The maximum Gasteiger partial charge on any atom is 0.410 e. The molecule has 3 aliphatic carbocycles. The molecule has 8 nitrogen and oxygen atoms in total. The molecule has 0 unspecified atom stereocenters. The van der Waals surface area contributed by atoms with Crippen molar-refractivity contribution in [2.45, 2.75) is 82.9 Å². The highest BCUT2D eigenvalue weighted by Gasteiger charge is 2.53. The number of carboxylic acids is 1. The molecule has 0 spiro atoms. The monoisotopic (exact) mass is 534 g/mol. The summed E-state index contributed by atoms with van der Waals surface area (Å²) in [6.07, 6.45) is 2.95. The van der Waals surface area contributed by atoms with Gasteiger partial charge in [0, 0.05) is 24.5 Å². The van der Waals surface area contributed by atoms with Gasteiger partial charge in [0.05, 0.1) is 5.41 Å². The number of carbonyl (C=O) groups excluding carboxylic acids is 2. The maximum atomic E-state index is 13.7. The van der Waals surface area contributed by atoms with Crippen LogP contribution >= 0.6 is 0 Å². The van der Waals surface area contributed by atoms with Gasteiger partial charge in [-0.1, -0.05) is 48.5 Å². The molecule has 39 heavy (non-hydrogen) atoms. The molecule has 2 aromatic rings. The van der Waals surface area contributed by atoms with Gasteiger partial charge in [0.15, 0.2) is 0 Å². The second kappa shape index (κ2) is 10.5. The third-order valence-corrected chi connectivity index (χ3v) is 8.16. The van der Waals surface area contributed by atoms with Gasteiger partial charge in [-0.3, -0.25) is 4.79 Å². The van der Waals surface area contributed by atoms with Crippen LogP contribution in [0.25, 0.3) is 11.1 Å². The number of ether oxygens (including phenoxy) is 2. The van der Waals surface area contributed by atoms with Gasteiger partial charge < -0.3 is 24.8 Å². The summed E-state index contributed by atoms with van der Waals surface area (Å²) in [5.74, 6) is -0.955. The molecule has 0 heterocycles. The van der Waals surface area contributed by atoms with Gasteiger partial charge in [0.2, 0.25) is 0 Å². The number of benzene rings is 2. The predicted octanol–water partition coefficient (Wildman–Crippen LogP) is 5.94. The lowest BCUT2D eigenvalue weighted by Gasteiger charge is -2.38. The molecule has 2 amide bonds. The van der Waals surface area contributed by atoms with Crippen LogP contribution in [0.5, 0.6) is 0 Å². The van der Waals surface area contributed by atoms with Crippen LogP contribution in [-0.2, 0) is 14.3 Å². The fourth-order valence-corrected chi connectivity index (χ4v) is 5.99. The number of nitrogens with zero attached hydrogens (tertiary/aromatic N) is 1. The first-order valence-corrected chi connectivity index (χ1v) is 13.9. The highest BCUT2D eigenvalue weighted by molar-refractivity contribution is 5.80. The minimum Gasteiger partial charge on any atom is -0.481 e. The number of fused-ring (bicyclic) bond motifs is 3. The lowest BCUT2D eigenvalue weighted by Crippen LogP contribution is -2.51. The summed E-state index contributed by atoms with van der Waals surface area (Å²) < 4.78 is 11.4. The van der Waals surface area contributed by atoms with Crippen molar-refractivity contribution < 1.29 is 29.0 Å². The van der Waals surface area contributed by atoms with Crippen molar-refractivity contribution in [3.63, 3.8) is 0 Å². The molecular weight excluding hydrogens is 496 g/mol. The number of carbonyl (C=O) groups is 3. The average molecular weight is 535 g/mol. The Bertz CT molecular complexity index is 1200. The number of nitrogens with one attached hydrogen (secondary N) is 1. The fraction of sp³-hybridized carbons (Fsp3) is 0.516. The summed E-state index contributed by atoms with van der Waals surface area (Å²) in [4.78, 5) is 39.7. The van der Waals surface area contributed by atoms with E-state index >= 15 is 0 Å². The van der Waals surface area contributed by atoms with Crippen molar-refractivity contribution in [3.8, 4) is 11.1 Å². The zero-order valence-electron chi connectivity index (χ0n) is 22.9. The molecule has 0 aromatic heterocycles. The normalized spacial score (nSPS) is 21.3. The topological polar surface area (TPSA) is 105 Å². The van der Waals surface area contributed by atoms with E-state index in [9.17, 15) is 19.5 Å². The number of aliphatic carboxylic acids is 1. The minimum absolute atomic E-state index is 0.0782. The van der Waals surface area contributed by atoms with Gasteiger partial charge in [0.25, 0.3) is 0 Å². The van der Waals surface area contributed by atoms with Crippen molar-refractivity contribution in [3.05, 3.63) is 59.7 Å². The maximum absolute atomic E-state index is 13.7. The van der Waals surface area contributed by atoms with Crippen LogP contribution in [0.15, 0.2) is 48.5 Å². The molecule has 2 saturated carbocycles. The van der Waals surface area contributed by atoms with Crippen molar-refractivity contribution in [1.82, 2.24) is 10.2 Å². The highest BCUT2D eigenvalue weighted by Crippen LogP contribution is 2.48. The smallest absolute Gasteiger partial charge is 0.410 e. The molecule has 0 bridgehead atoms. The van der Waals surface area contributed by atoms with Crippen LogP contribution in [0, 0.1) is 5.41 Å². The van der Waals surface area contributed by atoms with Crippen LogP contribution in [0.1, 0.15) is 76.3 Å². The number of rotatable bonds is 7. The lowest BCUT2D eigenvalue weighted by molar-refractivity contribution is -0.144. The van der Waals surface area contributed by atoms with Crippen LogP contribution < -0.4 is 5.32 Å². The summed E-state index contributed by atoms with van der Waals surface area (Å²) >= 11 is 0. The molecule has 208 valence electrons. The van der Waals surface area contributed by atoms with Crippen molar-refractivity contribution in [2.24, 2.45) is 5.41 Å². The SMILES string of the molecule is CC(C)(C)OC(=O)N[C@@H]1CCC[C@@H](N(CC2(C(=O)O)CC2)C(=O)OCC2c3ccccc3-c3ccccc32)C1. The van der Waals surface area contributed by atoms with Gasteiger partial charge in [-0.05, 0) is 81.5 Å². The molecule has 2 N–H and O–H groups in total. The summed E-state index contributed by atoms with van der Waals surface area (Å²) in [6.45, 7) is 5.74. The fourth-order valence-electron chi connectivity index (χ4n) is 5.99. The molecule has 0 radical (unpaired) electrons. The minimum atomic E-state index is -0.920. The molecular formula is C31H38N2O6. The summed E-state index contributed by atoms with van der Waals surface area (Å²) in [7, 11) is 0. The van der Waals surface area contributed by atoms with E-state index in [-0.39, 0.29) is 31.2 Å². The van der Waals surface area contributed by atoms with Crippen molar-refractivity contribution in [1.29, 1.82) is 0 Å². The second-order valence-electron chi connectivity index (χ2n) is 12.2. The summed E-state index contributed by atoms with van der Waals surface area (Å²) in [6, 6.07) is 15.9. The predicted molar refractivity (Wildman–Crippen MR) is 146 cm³/mol. The van der Waals surface area contributed by atoms with Gasteiger partial charge in [-0.25, -0.2) is 9.59 Å². The number of hydrogen-bond donors (Lipinski definition) is 2. The van der Waals surface area contributed by atoms with Gasteiger partial charge in [0.1, 0.15) is 12.2 Å². The van der Waals surface area contributed by atoms with Gasteiger partial charge in [-0.2, -0.15) is 0 Å². The molecule has 2 aromatic carbocycles. The molecule has 0 saturated heterocycles. The van der Waals surface area contributed by atoms with E-state index in [1.165, 1.54) is 0 Å². The van der Waals surface area contributed by atoms with Crippen molar-refractivity contribution >= 4 is 18.2 Å². The lowest BCUT2D eigenvalue weighted by atomic mass is 9.89. The van der Waals surface area contributed by atoms with Crippen LogP contribution in [0.3, 0.4) is 0 Å². The molecule has 0 aliphatic heterocycles. The van der Waals surface area contributed by atoms with E-state index in [0.717, 1.165) is 41.5 Å².